The van der Waals surface area contributed by atoms with Crippen molar-refractivity contribution in [1.29, 1.82) is 0 Å². The van der Waals surface area contributed by atoms with Crippen molar-refractivity contribution < 1.29 is 0 Å². The normalized spacial score (nSPS) is 16.1. The summed E-state index contributed by atoms with van der Waals surface area (Å²) in [4.78, 5) is 4.86. The van der Waals surface area contributed by atoms with Crippen molar-refractivity contribution in [2.75, 3.05) is 9.80 Å². The van der Waals surface area contributed by atoms with Gasteiger partial charge in [-0.2, -0.15) is 0 Å². The SMILES string of the molecule is [B]c1ccc(N2c3ccccc3C(C)(C)c3cc4c(cc32)C(C)(C)c2ccccc2N4c2ccccc2)cc1. The molecular weight excluding hydrogens is 471 g/mol. The molecule has 5 aromatic rings. The maximum atomic E-state index is 6.11. The van der Waals surface area contributed by atoms with Crippen LogP contribution < -0.4 is 15.3 Å². The van der Waals surface area contributed by atoms with Gasteiger partial charge < -0.3 is 9.80 Å². The van der Waals surface area contributed by atoms with E-state index in [9.17, 15) is 0 Å². The lowest BCUT2D eigenvalue weighted by atomic mass is 9.69. The summed E-state index contributed by atoms with van der Waals surface area (Å²) in [6.07, 6.45) is 0. The molecule has 0 amide bonds. The number of rotatable bonds is 2. The van der Waals surface area contributed by atoms with E-state index in [1.165, 1.54) is 50.7 Å². The van der Waals surface area contributed by atoms with Gasteiger partial charge in [0.2, 0.25) is 0 Å². The smallest absolute Gasteiger partial charge is 0.113 e. The van der Waals surface area contributed by atoms with Crippen molar-refractivity contribution in [2.24, 2.45) is 0 Å². The summed E-state index contributed by atoms with van der Waals surface area (Å²) in [6.45, 7) is 9.42. The first kappa shape index (κ1) is 23.9. The number of nitrogens with zero attached hydrogens (tertiary/aromatic N) is 2. The van der Waals surface area contributed by atoms with Crippen molar-refractivity contribution >= 4 is 47.4 Å². The lowest BCUT2D eigenvalue weighted by molar-refractivity contribution is 0.615. The van der Waals surface area contributed by atoms with Crippen molar-refractivity contribution in [3.8, 4) is 0 Å². The maximum Gasteiger partial charge on any atom is 0.113 e. The Labute approximate surface area is 233 Å². The molecule has 0 saturated heterocycles. The molecule has 39 heavy (non-hydrogen) atoms. The Kier molecular flexibility index (Phi) is 5.13. The maximum absolute atomic E-state index is 6.11. The molecule has 2 aliphatic heterocycles. The zero-order valence-corrected chi connectivity index (χ0v) is 22.9. The Morgan fingerprint density at radius 2 is 0.846 bits per heavy atom. The van der Waals surface area contributed by atoms with Gasteiger partial charge in [0.25, 0.3) is 0 Å². The third-order valence-electron chi connectivity index (χ3n) is 8.74. The summed E-state index contributed by atoms with van der Waals surface area (Å²) < 4.78 is 0. The minimum Gasteiger partial charge on any atom is -0.310 e. The van der Waals surface area contributed by atoms with Crippen molar-refractivity contribution in [3.63, 3.8) is 0 Å². The second-order valence-electron chi connectivity index (χ2n) is 11.8. The largest absolute Gasteiger partial charge is 0.310 e. The number of para-hydroxylation sites is 3. The molecule has 2 heterocycles. The standard InChI is InChI=1S/C36H31BN2/c1-35(2)27-14-8-10-16-31(27)38(25-12-6-5-7-13-25)33-22-30-34(23-29(33)35)39(26-20-18-24(37)19-21-26)32-17-11-9-15-28(32)36(30,3)4/h5-23H,1-4H3. The average Bonchev–Trinajstić information content (AvgIpc) is 2.95. The Hall–Kier alpha value is -4.24. The Balaban J connectivity index is 1.56. The van der Waals surface area contributed by atoms with Gasteiger partial charge in [-0.25, -0.2) is 0 Å². The number of anilines is 6. The highest BCUT2D eigenvalue weighted by Gasteiger charge is 2.42. The number of fused-ring (bicyclic) bond motifs is 4. The molecule has 0 aromatic heterocycles. The molecule has 0 aliphatic carbocycles. The molecule has 7 rings (SSSR count). The third kappa shape index (κ3) is 3.42. The minimum atomic E-state index is -0.186. The van der Waals surface area contributed by atoms with Crippen LogP contribution in [0, 0.1) is 0 Å². The van der Waals surface area contributed by atoms with Gasteiger partial charge in [-0.3, -0.25) is 0 Å². The van der Waals surface area contributed by atoms with Crippen LogP contribution in [0.25, 0.3) is 0 Å². The molecule has 0 spiro atoms. The fraction of sp³-hybridized carbons (Fsp3) is 0.167. The number of benzene rings is 5. The highest BCUT2D eigenvalue weighted by molar-refractivity contribution is 6.32. The van der Waals surface area contributed by atoms with Crippen LogP contribution in [-0.4, -0.2) is 7.85 Å². The van der Waals surface area contributed by atoms with E-state index in [-0.39, 0.29) is 10.8 Å². The summed E-state index contributed by atoms with van der Waals surface area (Å²) in [7, 11) is 6.11. The molecule has 0 N–H and O–H groups in total. The summed E-state index contributed by atoms with van der Waals surface area (Å²) in [5, 5.41) is 0. The topological polar surface area (TPSA) is 6.48 Å². The Morgan fingerprint density at radius 1 is 0.436 bits per heavy atom. The van der Waals surface area contributed by atoms with E-state index < -0.39 is 0 Å². The molecule has 2 nitrogen and oxygen atoms in total. The fourth-order valence-electron chi connectivity index (χ4n) is 6.65. The minimum absolute atomic E-state index is 0.180. The van der Waals surface area contributed by atoms with E-state index in [0.29, 0.717) is 0 Å². The van der Waals surface area contributed by atoms with Crippen LogP contribution in [0.1, 0.15) is 49.9 Å². The van der Waals surface area contributed by atoms with Gasteiger partial charge in [0.15, 0.2) is 0 Å². The van der Waals surface area contributed by atoms with E-state index in [0.717, 1.165) is 11.2 Å². The average molecular weight is 502 g/mol. The van der Waals surface area contributed by atoms with Crippen molar-refractivity contribution in [3.05, 3.63) is 138 Å². The van der Waals surface area contributed by atoms with Gasteiger partial charge in [0.05, 0.1) is 22.7 Å². The van der Waals surface area contributed by atoms with Gasteiger partial charge in [-0.05, 0) is 70.8 Å². The summed E-state index contributed by atoms with van der Waals surface area (Å²) in [5.74, 6) is 0. The van der Waals surface area contributed by atoms with Gasteiger partial charge in [0, 0.05) is 22.2 Å². The predicted octanol–water partition coefficient (Wildman–Crippen LogP) is 8.70. The zero-order chi connectivity index (χ0) is 26.9. The van der Waals surface area contributed by atoms with Crippen molar-refractivity contribution in [1.82, 2.24) is 0 Å². The molecule has 3 heteroatoms. The molecule has 0 unspecified atom stereocenters. The summed E-state index contributed by atoms with van der Waals surface area (Å²) in [6, 6.07) is 41.6. The van der Waals surface area contributed by atoms with E-state index in [2.05, 4.69) is 141 Å². The van der Waals surface area contributed by atoms with Crippen LogP contribution in [0.2, 0.25) is 0 Å². The first-order chi connectivity index (χ1) is 18.8. The van der Waals surface area contributed by atoms with Crippen LogP contribution in [0.5, 0.6) is 0 Å². The molecule has 0 bridgehead atoms. The van der Waals surface area contributed by atoms with Gasteiger partial charge in [-0.15, -0.1) is 0 Å². The lowest BCUT2D eigenvalue weighted by Gasteiger charge is -2.47. The summed E-state index contributed by atoms with van der Waals surface area (Å²) >= 11 is 0. The van der Waals surface area contributed by atoms with Gasteiger partial charge >= 0.3 is 0 Å². The van der Waals surface area contributed by atoms with Crippen molar-refractivity contribution in [2.45, 2.75) is 38.5 Å². The molecule has 2 radical (unpaired) electrons. The van der Waals surface area contributed by atoms with E-state index in [1.54, 1.807) is 0 Å². The molecule has 0 atom stereocenters. The quantitative estimate of drug-likeness (QED) is 0.223. The molecule has 0 fully saturated rings. The van der Waals surface area contributed by atoms with Crippen LogP contribution >= 0.6 is 0 Å². The Bertz CT molecular complexity index is 1720. The predicted molar refractivity (Wildman–Crippen MR) is 165 cm³/mol. The molecule has 2 aliphatic rings. The third-order valence-corrected chi connectivity index (χ3v) is 8.74. The van der Waals surface area contributed by atoms with Crippen LogP contribution in [0.15, 0.2) is 115 Å². The second-order valence-corrected chi connectivity index (χ2v) is 11.8. The Morgan fingerprint density at radius 3 is 1.33 bits per heavy atom. The zero-order valence-electron chi connectivity index (χ0n) is 22.9. The molecule has 0 saturated carbocycles. The molecule has 188 valence electrons. The first-order valence-electron chi connectivity index (χ1n) is 13.7. The van der Waals surface area contributed by atoms with Crippen LogP contribution in [-0.2, 0) is 10.8 Å². The van der Waals surface area contributed by atoms with Gasteiger partial charge in [-0.1, -0.05) is 99.9 Å². The molecule has 5 aromatic carbocycles. The van der Waals surface area contributed by atoms with Crippen LogP contribution in [0.3, 0.4) is 0 Å². The van der Waals surface area contributed by atoms with E-state index in [4.69, 9.17) is 7.85 Å². The highest BCUT2D eigenvalue weighted by Crippen LogP contribution is 2.58. The summed E-state index contributed by atoms with van der Waals surface area (Å²) in [5.41, 5.74) is 12.9. The fourth-order valence-corrected chi connectivity index (χ4v) is 6.65. The van der Waals surface area contributed by atoms with Crippen LogP contribution in [0.4, 0.5) is 34.1 Å². The van der Waals surface area contributed by atoms with E-state index >= 15 is 0 Å². The number of hydrogen-bond donors (Lipinski definition) is 0. The first-order valence-corrected chi connectivity index (χ1v) is 13.7. The van der Waals surface area contributed by atoms with Gasteiger partial charge in [0.1, 0.15) is 7.85 Å². The second kappa shape index (κ2) is 8.38. The lowest BCUT2D eigenvalue weighted by Crippen LogP contribution is -2.35. The monoisotopic (exact) mass is 502 g/mol. The number of hydrogen-bond acceptors (Lipinski definition) is 2. The van der Waals surface area contributed by atoms with E-state index in [1.807, 2.05) is 12.1 Å². The molecular formula is C36H31BN2. The highest BCUT2D eigenvalue weighted by atomic mass is 15.2.